The Bertz CT molecular complexity index is 375. The van der Waals surface area contributed by atoms with Crippen molar-refractivity contribution in [3.8, 4) is 11.5 Å². The van der Waals surface area contributed by atoms with Crippen LogP contribution >= 0.6 is 0 Å². The van der Waals surface area contributed by atoms with Gasteiger partial charge in [0.2, 0.25) is 0 Å². The molecule has 0 N–H and O–H groups in total. The van der Waals surface area contributed by atoms with E-state index in [1.165, 1.54) is 25.7 Å². The molecule has 2 fully saturated rings. The highest BCUT2D eigenvalue weighted by Gasteiger charge is 2.41. The molecule has 1 aromatic carbocycles. The molecule has 3 rings (SSSR count). The SMILES string of the molecule is COc1ccccc1O[C@H]1C[C@@H]2CC[C@H]1C2. The topological polar surface area (TPSA) is 18.5 Å². The fourth-order valence-corrected chi connectivity index (χ4v) is 3.21. The first kappa shape index (κ1) is 10.0. The zero-order chi connectivity index (χ0) is 11.0. The minimum atomic E-state index is 0.426. The molecular formula is C14H18O2. The first-order valence-corrected chi connectivity index (χ1v) is 6.16. The Morgan fingerprint density at radius 3 is 2.50 bits per heavy atom. The standard InChI is InChI=1S/C14H18O2/c1-15-12-4-2-3-5-13(12)16-14-9-10-6-7-11(14)8-10/h2-5,10-11,14H,6-9H2,1H3/t10-,11+,14+/m1/s1. The predicted molar refractivity (Wildman–Crippen MR) is 62.9 cm³/mol. The number of ether oxygens (including phenoxy) is 2. The van der Waals surface area contributed by atoms with E-state index in [2.05, 4.69) is 0 Å². The first-order valence-electron chi connectivity index (χ1n) is 6.16. The Balaban J connectivity index is 1.74. The lowest BCUT2D eigenvalue weighted by Crippen LogP contribution is -2.23. The van der Waals surface area contributed by atoms with E-state index in [0.29, 0.717) is 6.10 Å². The van der Waals surface area contributed by atoms with E-state index in [1.54, 1.807) is 7.11 Å². The first-order chi connectivity index (χ1) is 7.86. The summed E-state index contributed by atoms with van der Waals surface area (Å²) in [5.74, 6) is 3.47. The Morgan fingerprint density at radius 2 is 1.88 bits per heavy atom. The largest absolute Gasteiger partial charge is 0.493 e. The molecule has 2 aliphatic rings. The van der Waals surface area contributed by atoms with Gasteiger partial charge in [0.05, 0.1) is 7.11 Å². The lowest BCUT2D eigenvalue weighted by Gasteiger charge is -2.23. The monoisotopic (exact) mass is 218 g/mol. The lowest BCUT2D eigenvalue weighted by molar-refractivity contribution is 0.133. The van der Waals surface area contributed by atoms with Crippen LogP contribution in [0.1, 0.15) is 25.7 Å². The molecule has 2 aliphatic carbocycles. The highest BCUT2D eigenvalue weighted by Crippen LogP contribution is 2.46. The van der Waals surface area contributed by atoms with Crippen LogP contribution in [0.2, 0.25) is 0 Å². The molecule has 2 nitrogen and oxygen atoms in total. The molecule has 86 valence electrons. The van der Waals surface area contributed by atoms with Crippen LogP contribution < -0.4 is 9.47 Å². The second-order valence-electron chi connectivity index (χ2n) is 4.98. The van der Waals surface area contributed by atoms with Crippen LogP contribution in [0.15, 0.2) is 24.3 Å². The summed E-state index contributed by atoms with van der Waals surface area (Å²) < 4.78 is 11.4. The van der Waals surface area contributed by atoms with Gasteiger partial charge in [0.1, 0.15) is 6.10 Å². The molecule has 0 unspecified atom stereocenters. The average Bonchev–Trinajstić information content (AvgIpc) is 2.92. The third-order valence-corrected chi connectivity index (χ3v) is 4.02. The molecule has 0 radical (unpaired) electrons. The lowest BCUT2D eigenvalue weighted by atomic mass is 9.98. The fourth-order valence-electron chi connectivity index (χ4n) is 3.21. The zero-order valence-corrected chi connectivity index (χ0v) is 9.69. The highest BCUT2D eigenvalue weighted by molar-refractivity contribution is 5.39. The molecule has 3 atom stereocenters. The summed E-state index contributed by atoms with van der Waals surface area (Å²) >= 11 is 0. The van der Waals surface area contributed by atoms with Gasteiger partial charge >= 0.3 is 0 Å². The third kappa shape index (κ3) is 1.66. The quantitative estimate of drug-likeness (QED) is 0.775. The van der Waals surface area contributed by atoms with Crippen molar-refractivity contribution in [3.05, 3.63) is 24.3 Å². The number of hydrogen-bond donors (Lipinski definition) is 0. The van der Waals surface area contributed by atoms with Crippen molar-refractivity contribution in [2.24, 2.45) is 11.8 Å². The number of rotatable bonds is 3. The van der Waals surface area contributed by atoms with Gasteiger partial charge in [-0.15, -0.1) is 0 Å². The van der Waals surface area contributed by atoms with Crippen LogP contribution in [-0.2, 0) is 0 Å². The maximum Gasteiger partial charge on any atom is 0.161 e. The molecule has 2 heteroatoms. The summed E-state index contributed by atoms with van der Waals surface area (Å²) in [4.78, 5) is 0. The Kier molecular flexibility index (Phi) is 2.50. The molecule has 0 aliphatic heterocycles. The highest BCUT2D eigenvalue weighted by atomic mass is 16.5. The van der Waals surface area contributed by atoms with Crippen LogP contribution in [0.5, 0.6) is 11.5 Å². The predicted octanol–water partition coefficient (Wildman–Crippen LogP) is 3.26. The molecule has 0 heterocycles. The van der Waals surface area contributed by atoms with E-state index in [4.69, 9.17) is 9.47 Å². The zero-order valence-electron chi connectivity index (χ0n) is 9.69. The second kappa shape index (κ2) is 4.00. The maximum atomic E-state index is 6.11. The summed E-state index contributed by atoms with van der Waals surface area (Å²) in [6, 6.07) is 7.95. The number of methoxy groups -OCH3 is 1. The average molecular weight is 218 g/mol. The third-order valence-electron chi connectivity index (χ3n) is 4.02. The number of fused-ring (bicyclic) bond motifs is 2. The summed E-state index contributed by atoms with van der Waals surface area (Å²) in [6.07, 6.45) is 5.80. The molecule has 0 spiro atoms. The van der Waals surface area contributed by atoms with Gasteiger partial charge in [-0.2, -0.15) is 0 Å². The van der Waals surface area contributed by atoms with Crippen molar-refractivity contribution < 1.29 is 9.47 Å². The van der Waals surface area contributed by atoms with Gasteiger partial charge in [-0.3, -0.25) is 0 Å². The van der Waals surface area contributed by atoms with Crippen molar-refractivity contribution in [2.45, 2.75) is 31.8 Å². The molecule has 0 saturated heterocycles. The van der Waals surface area contributed by atoms with Gasteiger partial charge in [-0.1, -0.05) is 12.1 Å². The van der Waals surface area contributed by atoms with E-state index in [9.17, 15) is 0 Å². The summed E-state index contributed by atoms with van der Waals surface area (Å²) in [6.45, 7) is 0. The normalized spacial score (nSPS) is 31.7. The van der Waals surface area contributed by atoms with Crippen molar-refractivity contribution in [1.82, 2.24) is 0 Å². The van der Waals surface area contributed by atoms with Crippen molar-refractivity contribution in [1.29, 1.82) is 0 Å². The smallest absolute Gasteiger partial charge is 0.161 e. The Labute approximate surface area is 96.6 Å². The molecule has 0 aromatic heterocycles. The fraction of sp³-hybridized carbons (Fsp3) is 0.571. The van der Waals surface area contributed by atoms with Crippen LogP contribution in [0.4, 0.5) is 0 Å². The van der Waals surface area contributed by atoms with Gasteiger partial charge < -0.3 is 9.47 Å². The molecule has 2 bridgehead atoms. The van der Waals surface area contributed by atoms with Crippen LogP contribution in [0, 0.1) is 11.8 Å². The number of hydrogen-bond acceptors (Lipinski definition) is 2. The van der Waals surface area contributed by atoms with Crippen LogP contribution in [-0.4, -0.2) is 13.2 Å². The van der Waals surface area contributed by atoms with Gasteiger partial charge in [-0.05, 0) is 49.7 Å². The minimum Gasteiger partial charge on any atom is -0.493 e. The summed E-state index contributed by atoms with van der Waals surface area (Å²) in [5, 5.41) is 0. The maximum absolute atomic E-state index is 6.11. The Hall–Kier alpha value is -1.18. The molecular weight excluding hydrogens is 200 g/mol. The van der Waals surface area contributed by atoms with Crippen molar-refractivity contribution in [3.63, 3.8) is 0 Å². The van der Waals surface area contributed by atoms with Gasteiger partial charge in [0.15, 0.2) is 11.5 Å². The van der Waals surface area contributed by atoms with Gasteiger partial charge in [0.25, 0.3) is 0 Å². The summed E-state index contributed by atoms with van der Waals surface area (Å²) in [5.41, 5.74) is 0. The van der Waals surface area contributed by atoms with Gasteiger partial charge in [-0.25, -0.2) is 0 Å². The van der Waals surface area contributed by atoms with E-state index >= 15 is 0 Å². The molecule has 1 aromatic rings. The van der Waals surface area contributed by atoms with Crippen molar-refractivity contribution >= 4 is 0 Å². The Morgan fingerprint density at radius 1 is 1.06 bits per heavy atom. The van der Waals surface area contributed by atoms with E-state index in [0.717, 1.165) is 23.3 Å². The van der Waals surface area contributed by atoms with E-state index < -0.39 is 0 Å². The second-order valence-corrected chi connectivity index (χ2v) is 4.98. The number of para-hydroxylation sites is 2. The molecule has 2 saturated carbocycles. The molecule has 0 amide bonds. The van der Waals surface area contributed by atoms with Crippen molar-refractivity contribution in [2.75, 3.05) is 7.11 Å². The summed E-state index contributed by atoms with van der Waals surface area (Å²) in [7, 11) is 1.70. The molecule has 16 heavy (non-hydrogen) atoms. The van der Waals surface area contributed by atoms with Crippen LogP contribution in [0.3, 0.4) is 0 Å². The van der Waals surface area contributed by atoms with E-state index in [-0.39, 0.29) is 0 Å². The van der Waals surface area contributed by atoms with E-state index in [1.807, 2.05) is 24.3 Å². The van der Waals surface area contributed by atoms with Crippen LogP contribution in [0.25, 0.3) is 0 Å². The minimum absolute atomic E-state index is 0.426. The van der Waals surface area contributed by atoms with Gasteiger partial charge in [0, 0.05) is 0 Å². The number of benzene rings is 1.